The summed E-state index contributed by atoms with van der Waals surface area (Å²) in [5, 5.41) is 12.2. The lowest BCUT2D eigenvalue weighted by atomic mass is 9.92. The normalized spacial score (nSPS) is 16.2. The van der Waals surface area contributed by atoms with Crippen LogP contribution in [0.25, 0.3) is 10.9 Å². The van der Waals surface area contributed by atoms with Gasteiger partial charge in [-0.3, -0.25) is 0 Å². The van der Waals surface area contributed by atoms with Crippen molar-refractivity contribution in [3.8, 4) is 5.75 Å². The smallest absolute Gasteiger partial charge is 0.226 e. The lowest BCUT2D eigenvalue weighted by molar-refractivity contribution is 0.0955. The Bertz CT molecular complexity index is 1310. The Labute approximate surface area is 223 Å². The van der Waals surface area contributed by atoms with E-state index in [0.29, 0.717) is 25.5 Å². The highest BCUT2D eigenvalue weighted by atomic mass is 35.5. The number of aliphatic hydroxyl groups excluding tert-OH is 1. The third-order valence-corrected chi connectivity index (χ3v) is 7.41. The van der Waals surface area contributed by atoms with Crippen LogP contribution < -0.4 is 9.64 Å². The number of hydrogen-bond donors (Lipinski definition) is 2. The van der Waals surface area contributed by atoms with Crippen molar-refractivity contribution < 1.29 is 9.84 Å². The van der Waals surface area contributed by atoms with Crippen molar-refractivity contribution >= 4 is 28.5 Å². The highest BCUT2D eigenvalue weighted by Gasteiger charge is 2.33. The Morgan fingerprint density at radius 2 is 1.89 bits per heavy atom. The molecule has 1 aliphatic heterocycles. The van der Waals surface area contributed by atoms with E-state index >= 15 is 0 Å². The van der Waals surface area contributed by atoms with Crippen molar-refractivity contribution in [3.63, 3.8) is 0 Å². The van der Waals surface area contributed by atoms with Gasteiger partial charge in [0.2, 0.25) is 5.95 Å². The van der Waals surface area contributed by atoms with E-state index in [-0.39, 0.29) is 6.04 Å². The molecule has 2 aromatic heterocycles. The Balaban J connectivity index is 1.37. The molecule has 0 radical (unpaired) electrons. The summed E-state index contributed by atoms with van der Waals surface area (Å²) in [7, 11) is 0. The standard InChI is InChI=1S/C29H34ClN5O2/c1-3-34(4-2)19-22(36)13-17-37-23-9-6-20(7-10-23)28-27-24(25-18-21(30)8-11-26(25)33-27)12-16-35(28)29-31-14-5-15-32-29/h5-11,14-15,18,22,28,33,36H,3-4,12-13,16-17,19H2,1-2H3/t22-,28-/m0/s1. The summed E-state index contributed by atoms with van der Waals surface area (Å²) < 4.78 is 5.97. The lowest BCUT2D eigenvalue weighted by Crippen LogP contribution is -2.37. The van der Waals surface area contributed by atoms with E-state index in [1.807, 2.05) is 36.4 Å². The van der Waals surface area contributed by atoms with Crippen molar-refractivity contribution in [1.82, 2.24) is 19.9 Å². The molecule has 2 aromatic carbocycles. The first-order valence-corrected chi connectivity index (χ1v) is 13.4. The molecule has 37 heavy (non-hydrogen) atoms. The van der Waals surface area contributed by atoms with Gasteiger partial charge in [-0.2, -0.15) is 0 Å². The average molecular weight is 520 g/mol. The fourth-order valence-corrected chi connectivity index (χ4v) is 5.36. The Morgan fingerprint density at radius 3 is 2.62 bits per heavy atom. The van der Waals surface area contributed by atoms with Gasteiger partial charge in [0.05, 0.1) is 18.8 Å². The minimum atomic E-state index is -0.394. The van der Waals surface area contributed by atoms with Crippen molar-refractivity contribution in [3.05, 3.63) is 82.8 Å². The van der Waals surface area contributed by atoms with Crippen LogP contribution in [0.2, 0.25) is 5.02 Å². The predicted molar refractivity (Wildman–Crippen MR) is 149 cm³/mol. The first-order valence-electron chi connectivity index (χ1n) is 13.0. The summed E-state index contributed by atoms with van der Waals surface area (Å²) in [6, 6.07) is 16.0. The van der Waals surface area contributed by atoms with Gasteiger partial charge in [0, 0.05) is 53.5 Å². The SMILES string of the molecule is CCN(CC)C[C@@H](O)CCOc1ccc([C@H]2c3[nH]c4ccc(Cl)cc4c3CCN2c2ncccn2)cc1. The van der Waals surface area contributed by atoms with Crippen molar-refractivity contribution in [2.45, 2.75) is 38.8 Å². The van der Waals surface area contributed by atoms with Crippen LogP contribution in [-0.4, -0.2) is 63.8 Å². The Morgan fingerprint density at radius 1 is 1.14 bits per heavy atom. The molecule has 0 unspecified atom stereocenters. The summed E-state index contributed by atoms with van der Waals surface area (Å²) in [6.45, 7) is 8.04. The lowest BCUT2D eigenvalue weighted by Gasteiger charge is -2.36. The van der Waals surface area contributed by atoms with Crippen LogP contribution in [-0.2, 0) is 6.42 Å². The second kappa shape index (κ2) is 11.5. The number of aliphatic hydroxyl groups is 1. The maximum absolute atomic E-state index is 10.3. The monoisotopic (exact) mass is 519 g/mol. The molecule has 0 saturated heterocycles. The van der Waals surface area contributed by atoms with E-state index in [1.165, 1.54) is 10.9 Å². The minimum absolute atomic E-state index is 0.0673. The Hall–Kier alpha value is -3.13. The summed E-state index contributed by atoms with van der Waals surface area (Å²) in [5.74, 6) is 1.50. The number of halogens is 1. The summed E-state index contributed by atoms with van der Waals surface area (Å²) in [4.78, 5) is 17.2. The molecule has 8 heteroatoms. The van der Waals surface area contributed by atoms with Gasteiger partial charge < -0.3 is 24.6 Å². The molecule has 2 atom stereocenters. The number of fused-ring (bicyclic) bond motifs is 3. The number of nitrogens with one attached hydrogen (secondary N) is 1. The highest BCUT2D eigenvalue weighted by molar-refractivity contribution is 6.31. The van der Waals surface area contributed by atoms with Crippen LogP contribution in [0.15, 0.2) is 60.9 Å². The molecular formula is C29H34ClN5O2. The molecule has 0 saturated carbocycles. The van der Waals surface area contributed by atoms with Gasteiger partial charge in [-0.05, 0) is 67.0 Å². The zero-order valence-corrected chi connectivity index (χ0v) is 22.2. The zero-order chi connectivity index (χ0) is 25.8. The number of aromatic nitrogens is 3. The van der Waals surface area contributed by atoms with E-state index in [1.54, 1.807) is 12.4 Å². The molecule has 2 N–H and O–H groups in total. The van der Waals surface area contributed by atoms with Crippen LogP contribution in [0.1, 0.15) is 43.1 Å². The molecule has 1 aliphatic rings. The van der Waals surface area contributed by atoms with Gasteiger partial charge in [-0.25, -0.2) is 9.97 Å². The summed E-state index contributed by atoms with van der Waals surface area (Å²) in [6.07, 6.45) is 4.65. The number of rotatable bonds is 10. The number of benzene rings is 2. The van der Waals surface area contributed by atoms with Crippen molar-refractivity contribution in [2.24, 2.45) is 0 Å². The molecule has 194 valence electrons. The third kappa shape index (κ3) is 5.59. The second-order valence-corrected chi connectivity index (χ2v) is 9.88. The van der Waals surface area contributed by atoms with E-state index in [4.69, 9.17) is 16.3 Å². The number of anilines is 1. The molecule has 0 amide bonds. The van der Waals surface area contributed by atoms with Crippen LogP contribution >= 0.6 is 11.6 Å². The second-order valence-electron chi connectivity index (χ2n) is 9.45. The fourth-order valence-electron chi connectivity index (χ4n) is 5.19. The molecule has 3 heterocycles. The van der Waals surface area contributed by atoms with Crippen molar-refractivity contribution in [2.75, 3.05) is 37.7 Å². The largest absolute Gasteiger partial charge is 0.493 e. The first kappa shape index (κ1) is 25.5. The molecule has 5 rings (SSSR count). The minimum Gasteiger partial charge on any atom is -0.493 e. The predicted octanol–water partition coefficient (Wildman–Crippen LogP) is 5.24. The van der Waals surface area contributed by atoms with Crippen molar-refractivity contribution in [1.29, 1.82) is 0 Å². The molecule has 0 spiro atoms. The molecular weight excluding hydrogens is 486 g/mol. The van der Waals surface area contributed by atoms with Gasteiger partial charge in [-0.1, -0.05) is 37.6 Å². The van der Waals surface area contributed by atoms with E-state index in [9.17, 15) is 5.11 Å². The molecule has 7 nitrogen and oxygen atoms in total. The van der Waals surface area contributed by atoms with Gasteiger partial charge in [-0.15, -0.1) is 0 Å². The summed E-state index contributed by atoms with van der Waals surface area (Å²) in [5.41, 5.74) is 4.64. The number of aromatic amines is 1. The maximum Gasteiger partial charge on any atom is 0.226 e. The van der Waals surface area contributed by atoms with E-state index in [2.05, 4.69) is 50.7 Å². The van der Waals surface area contributed by atoms with E-state index < -0.39 is 6.10 Å². The van der Waals surface area contributed by atoms with E-state index in [0.717, 1.165) is 53.6 Å². The first-order chi connectivity index (χ1) is 18.1. The van der Waals surface area contributed by atoms with Gasteiger partial charge >= 0.3 is 0 Å². The van der Waals surface area contributed by atoms with Crippen LogP contribution in [0, 0.1) is 0 Å². The maximum atomic E-state index is 10.3. The van der Waals surface area contributed by atoms with Crippen LogP contribution in [0.3, 0.4) is 0 Å². The molecule has 0 aliphatic carbocycles. The number of nitrogens with zero attached hydrogens (tertiary/aromatic N) is 4. The fraction of sp³-hybridized carbons (Fsp3) is 0.379. The van der Waals surface area contributed by atoms with Crippen LogP contribution in [0.4, 0.5) is 5.95 Å². The van der Waals surface area contributed by atoms with Gasteiger partial charge in [0.15, 0.2) is 0 Å². The number of likely N-dealkylation sites (N-methyl/N-ethyl adjacent to an activating group) is 1. The third-order valence-electron chi connectivity index (χ3n) is 7.18. The van der Waals surface area contributed by atoms with Gasteiger partial charge in [0.1, 0.15) is 5.75 Å². The topological polar surface area (TPSA) is 77.5 Å². The zero-order valence-electron chi connectivity index (χ0n) is 21.4. The number of hydrogen-bond acceptors (Lipinski definition) is 6. The molecule has 0 bridgehead atoms. The number of H-pyrrole nitrogens is 1. The molecule has 4 aromatic rings. The Kier molecular flexibility index (Phi) is 7.93. The number of ether oxygens (including phenoxy) is 1. The van der Waals surface area contributed by atoms with Crippen LogP contribution in [0.5, 0.6) is 5.75 Å². The highest BCUT2D eigenvalue weighted by Crippen LogP contribution is 2.40. The molecule has 0 fully saturated rings. The summed E-state index contributed by atoms with van der Waals surface area (Å²) >= 11 is 6.34. The quantitative estimate of drug-likeness (QED) is 0.298. The average Bonchev–Trinajstić information content (AvgIpc) is 3.30. The van der Waals surface area contributed by atoms with Gasteiger partial charge in [0.25, 0.3) is 0 Å².